The van der Waals surface area contributed by atoms with Crippen molar-refractivity contribution in [1.82, 2.24) is 4.98 Å². The quantitative estimate of drug-likeness (QED) is 0.818. The van der Waals surface area contributed by atoms with Crippen molar-refractivity contribution in [2.75, 3.05) is 37.9 Å². The van der Waals surface area contributed by atoms with E-state index in [0.717, 1.165) is 24.1 Å². The third kappa shape index (κ3) is 3.91. The maximum absolute atomic E-state index is 8.66. The molecule has 0 unspecified atom stereocenters. The summed E-state index contributed by atoms with van der Waals surface area (Å²) in [6, 6.07) is 9.51. The molecule has 1 aliphatic heterocycles. The van der Waals surface area contributed by atoms with Gasteiger partial charge in [0.2, 0.25) is 5.88 Å². The highest BCUT2D eigenvalue weighted by Crippen LogP contribution is 2.28. The summed E-state index contributed by atoms with van der Waals surface area (Å²) in [6.07, 6.45) is 3.30. The van der Waals surface area contributed by atoms with Crippen molar-refractivity contribution in [3.8, 4) is 5.88 Å². The Bertz CT molecular complexity index is 755. The molecule has 1 aliphatic rings. The zero-order valence-corrected chi connectivity index (χ0v) is 14.7. The van der Waals surface area contributed by atoms with Crippen LogP contribution in [0.2, 0.25) is 0 Å². The second-order valence-corrected chi connectivity index (χ2v) is 6.33. The summed E-state index contributed by atoms with van der Waals surface area (Å²) in [6.45, 7) is 1.37. The minimum atomic E-state index is 0.0442. The van der Waals surface area contributed by atoms with Crippen LogP contribution in [0.4, 0.5) is 11.4 Å². The standard InChI is InChI=1S/C19H24N4O2/c1-23(2)14-5-3-4-13(12-14)18(21)17-16(20)6-9-22-19(17)25-15-7-10-24-11-8-15/h3-6,9,12,15,21H,7-8,10-11H2,1-2H3,(H2,20,22). The minimum absolute atomic E-state index is 0.0442. The maximum Gasteiger partial charge on any atom is 0.225 e. The number of anilines is 2. The van der Waals surface area contributed by atoms with Crippen LogP contribution in [0.1, 0.15) is 24.0 Å². The number of rotatable bonds is 5. The van der Waals surface area contributed by atoms with Gasteiger partial charge in [0.15, 0.2) is 0 Å². The summed E-state index contributed by atoms with van der Waals surface area (Å²) >= 11 is 0. The van der Waals surface area contributed by atoms with E-state index in [9.17, 15) is 0 Å². The fraction of sp³-hybridized carbons (Fsp3) is 0.368. The number of benzene rings is 1. The predicted molar refractivity (Wildman–Crippen MR) is 99.8 cm³/mol. The van der Waals surface area contributed by atoms with Crippen molar-refractivity contribution in [3.63, 3.8) is 0 Å². The van der Waals surface area contributed by atoms with Crippen molar-refractivity contribution in [2.24, 2.45) is 0 Å². The number of ether oxygens (including phenoxy) is 2. The van der Waals surface area contributed by atoms with Gasteiger partial charge in [-0.05, 0) is 18.2 Å². The molecule has 0 spiro atoms. The largest absolute Gasteiger partial charge is 0.474 e. The molecule has 1 aromatic carbocycles. The summed E-state index contributed by atoms with van der Waals surface area (Å²) in [7, 11) is 3.95. The fourth-order valence-corrected chi connectivity index (χ4v) is 2.83. The zero-order chi connectivity index (χ0) is 17.8. The Hall–Kier alpha value is -2.60. The van der Waals surface area contributed by atoms with Gasteiger partial charge in [0.1, 0.15) is 6.10 Å². The van der Waals surface area contributed by atoms with Crippen molar-refractivity contribution in [3.05, 3.63) is 47.7 Å². The molecule has 25 heavy (non-hydrogen) atoms. The van der Waals surface area contributed by atoms with Crippen LogP contribution >= 0.6 is 0 Å². The number of nitrogens with two attached hydrogens (primary N) is 1. The van der Waals surface area contributed by atoms with E-state index >= 15 is 0 Å². The Labute approximate surface area is 148 Å². The van der Waals surface area contributed by atoms with Gasteiger partial charge < -0.3 is 20.1 Å². The molecule has 0 atom stereocenters. The lowest BCUT2D eigenvalue weighted by atomic mass is 10.0. The van der Waals surface area contributed by atoms with Gasteiger partial charge in [0.25, 0.3) is 0 Å². The average Bonchev–Trinajstić information content (AvgIpc) is 2.62. The Morgan fingerprint density at radius 2 is 2.04 bits per heavy atom. The molecule has 2 aromatic rings. The van der Waals surface area contributed by atoms with E-state index in [-0.39, 0.29) is 6.10 Å². The first kappa shape index (κ1) is 17.2. The molecule has 0 saturated carbocycles. The summed E-state index contributed by atoms with van der Waals surface area (Å²) in [4.78, 5) is 6.35. The smallest absolute Gasteiger partial charge is 0.225 e. The molecular formula is C19H24N4O2. The summed E-state index contributed by atoms with van der Waals surface area (Å²) in [5.74, 6) is 0.423. The molecule has 1 saturated heterocycles. The number of nitrogen functional groups attached to an aromatic ring is 1. The Balaban J connectivity index is 1.92. The lowest BCUT2D eigenvalue weighted by Crippen LogP contribution is -2.27. The fourth-order valence-electron chi connectivity index (χ4n) is 2.83. The topological polar surface area (TPSA) is 84.5 Å². The Kier molecular flexibility index (Phi) is 5.19. The third-order valence-corrected chi connectivity index (χ3v) is 4.30. The van der Waals surface area contributed by atoms with Gasteiger partial charge in [-0.1, -0.05) is 12.1 Å². The van der Waals surface area contributed by atoms with Crippen molar-refractivity contribution in [2.45, 2.75) is 18.9 Å². The van der Waals surface area contributed by atoms with Crippen LogP contribution in [0.15, 0.2) is 36.5 Å². The third-order valence-electron chi connectivity index (χ3n) is 4.30. The number of aromatic nitrogens is 1. The highest BCUT2D eigenvalue weighted by molar-refractivity contribution is 6.15. The van der Waals surface area contributed by atoms with Crippen molar-refractivity contribution in [1.29, 1.82) is 5.41 Å². The molecule has 3 N–H and O–H groups in total. The summed E-state index contributed by atoms with van der Waals surface area (Å²) in [5, 5.41) is 8.66. The first-order valence-electron chi connectivity index (χ1n) is 8.42. The van der Waals surface area contributed by atoms with Crippen LogP contribution in [0.3, 0.4) is 0 Å². The van der Waals surface area contributed by atoms with Gasteiger partial charge in [0.05, 0.1) is 24.5 Å². The number of pyridine rings is 1. The van der Waals surface area contributed by atoms with E-state index in [1.54, 1.807) is 12.3 Å². The van der Waals surface area contributed by atoms with Crippen LogP contribution in [-0.4, -0.2) is 44.1 Å². The van der Waals surface area contributed by atoms with E-state index in [0.29, 0.717) is 36.1 Å². The monoisotopic (exact) mass is 340 g/mol. The SMILES string of the molecule is CN(C)c1cccc(C(=N)c2c(N)ccnc2OC2CCOCC2)c1. The normalized spacial score (nSPS) is 15.0. The molecule has 6 nitrogen and oxygen atoms in total. The number of nitrogens with zero attached hydrogens (tertiary/aromatic N) is 2. The maximum atomic E-state index is 8.66. The summed E-state index contributed by atoms with van der Waals surface area (Å²) < 4.78 is 11.4. The highest BCUT2D eigenvalue weighted by atomic mass is 16.5. The van der Waals surface area contributed by atoms with Gasteiger partial charge in [0, 0.05) is 50.1 Å². The molecule has 1 fully saturated rings. The van der Waals surface area contributed by atoms with Crippen LogP contribution in [-0.2, 0) is 4.74 Å². The molecule has 6 heteroatoms. The molecule has 0 amide bonds. The van der Waals surface area contributed by atoms with E-state index < -0.39 is 0 Å². The number of hydrogen-bond donors (Lipinski definition) is 2. The lowest BCUT2D eigenvalue weighted by molar-refractivity contribution is 0.0237. The second-order valence-electron chi connectivity index (χ2n) is 6.33. The molecule has 1 aromatic heterocycles. The van der Waals surface area contributed by atoms with Crippen LogP contribution in [0, 0.1) is 5.41 Å². The minimum Gasteiger partial charge on any atom is -0.474 e. The average molecular weight is 340 g/mol. The predicted octanol–water partition coefficient (Wildman–Crippen LogP) is 2.70. The Morgan fingerprint density at radius 1 is 1.28 bits per heavy atom. The number of hydrogen-bond acceptors (Lipinski definition) is 6. The molecule has 3 rings (SSSR count). The van der Waals surface area contributed by atoms with Gasteiger partial charge in [-0.15, -0.1) is 0 Å². The molecule has 132 valence electrons. The van der Waals surface area contributed by atoms with Gasteiger partial charge in [-0.2, -0.15) is 0 Å². The number of nitrogens with one attached hydrogen (secondary N) is 1. The van der Waals surface area contributed by atoms with E-state index in [4.69, 9.17) is 20.6 Å². The zero-order valence-electron chi connectivity index (χ0n) is 14.7. The first-order valence-corrected chi connectivity index (χ1v) is 8.42. The molecule has 0 aliphatic carbocycles. The van der Waals surface area contributed by atoms with Crippen LogP contribution in [0.25, 0.3) is 0 Å². The molecule has 0 radical (unpaired) electrons. The van der Waals surface area contributed by atoms with Crippen molar-refractivity contribution >= 4 is 17.1 Å². The molecular weight excluding hydrogens is 316 g/mol. The second kappa shape index (κ2) is 7.53. The van der Waals surface area contributed by atoms with E-state index in [2.05, 4.69) is 4.98 Å². The molecule has 2 heterocycles. The van der Waals surface area contributed by atoms with E-state index in [1.807, 2.05) is 43.3 Å². The highest BCUT2D eigenvalue weighted by Gasteiger charge is 2.21. The Morgan fingerprint density at radius 3 is 2.76 bits per heavy atom. The van der Waals surface area contributed by atoms with Crippen LogP contribution in [0.5, 0.6) is 5.88 Å². The van der Waals surface area contributed by atoms with Gasteiger partial charge in [-0.3, -0.25) is 5.41 Å². The molecule has 0 bridgehead atoms. The van der Waals surface area contributed by atoms with Gasteiger partial charge in [-0.25, -0.2) is 4.98 Å². The lowest BCUT2D eigenvalue weighted by Gasteiger charge is -2.24. The van der Waals surface area contributed by atoms with Crippen molar-refractivity contribution < 1.29 is 9.47 Å². The summed E-state index contributed by atoms with van der Waals surface area (Å²) in [5.41, 5.74) is 9.33. The first-order chi connectivity index (χ1) is 12.1. The van der Waals surface area contributed by atoms with Crippen LogP contribution < -0.4 is 15.4 Å². The van der Waals surface area contributed by atoms with Gasteiger partial charge >= 0.3 is 0 Å². The van der Waals surface area contributed by atoms with E-state index in [1.165, 1.54) is 0 Å².